The average Bonchev–Trinajstić information content (AvgIpc) is 2.48. The third-order valence-electron chi connectivity index (χ3n) is 2.89. The molecule has 0 aromatic heterocycles. The predicted octanol–water partition coefficient (Wildman–Crippen LogP) is 2.77. The van der Waals surface area contributed by atoms with E-state index in [1.807, 2.05) is 30.3 Å². The topological polar surface area (TPSA) is 60.8 Å². The number of phenols is 2. The molecule has 2 rings (SSSR count). The Morgan fingerprint density at radius 2 is 1.75 bits per heavy atom. The molecule has 0 fully saturated rings. The van der Waals surface area contributed by atoms with Gasteiger partial charge in [0, 0.05) is 24.9 Å². The number of benzene rings is 2. The fraction of sp³-hybridized carbons (Fsp3) is 0.0625. The zero-order valence-corrected chi connectivity index (χ0v) is 11.0. The molecule has 1 amide bonds. The first kappa shape index (κ1) is 13.7. The Hall–Kier alpha value is -2.75. The number of carbonyl (C=O) groups is 1. The van der Waals surface area contributed by atoms with Crippen molar-refractivity contribution < 1.29 is 15.0 Å². The maximum Gasteiger partial charge on any atom is 0.250 e. The summed E-state index contributed by atoms with van der Waals surface area (Å²) in [6.07, 6.45) is 3.18. The predicted molar refractivity (Wildman–Crippen MR) is 78.7 cm³/mol. The monoisotopic (exact) mass is 269 g/mol. The van der Waals surface area contributed by atoms with E-state index in [1.165, 1.54) is 23.1 Å². The second-order valence-electron chi connectivity index (χ2n) is 4.31. The SMILES string of the molecule is CN(C(=O)/C=C/c1ccccc1)c1ccc(O)c(O)c1. The van der Waals surface area contributed by atoms with Gasteiger partial charge in [-0.25, -0.2) is 0 Å². The minimum Gasteiger partial charge on any atom is -0.504 e. The van der Waals surface area contributed by atoms with Crippen LogP contribution in [0.4, 0.5) is 5.69 Å². The summed E-state index contributed by atoms with van der Waals surface area (Å²) in [6.45, 7) is 0. The number of aromatic hydroxyl groups is 2. The van der Waals surface area contributed by atoms with E-state index >= 15 is 0 Å². The van der Waals surface area contributed by atoms with Crippen molar-refractivity contribution >= 4 is 17.7 Å². The Kier molecular flexibility index (Phi) is 4.05. The molecule has 0 aliphatic heterocycles. The van der Waals surface area contributed by atoms with Crippen LogP contribution in [-0.4, -0.2) is 23.2 Å². The van der Waals surface area contributed by atoms with E-state index in [0.29, 0.717) is 5.69 Å². The quantitative estimate of drug-likeness (QED) is 0.665. The van der Waals surface area contributed by atoms with Gasteiger partial charge in [0.1, 0.15) is 0 Å². The van der Waals surface area contributed by atoms with E-state index in [-0.39, 0.29) is 17.4 Å². The van der Waals surface area contributed by atoms with Crippen LogP contribution in [-0.2, 0) is 4.79 Å². The molecule has 0 spiro atoms. The molecule has 0 atom stereocenters. The Labute approximate surface area is 117 Å². The van der Waals surface area contributed by atoms with Gasteiger partial charge >= 0.3 is 0 Å². The van der Waals surface area contributed by atoms with E-state index in [0.717, 1.165) is 5.56 Å². The molecule has 4 heteroatoms. The highest BCUT2D eigenvalue weighted by Crippen LogP contribution is 2.29. The molecule has 0 bridgehead atoms. The Balaban J connectivity index is 2.12. The molecular formula is C16H15NO3. The van der Waals surface area contributed by atoms with Crippen molar-refractivity contribution in [1.29, 1.82) is 0 Å². The van der Waals surface area contributed by atoms with Crippen molar-refractivity contribution in [3.8, 4) is 11.5 Å². The van der Waals surface area contributed by atoms with Crippen molar-refractivity contribution in [2.45, 2.75) is 0 Å². The summed E-state index contributed by atoms with van der Waals surface area (Å²) >= 11 is 0. The second-order valence-corrected chi connectivity index (χ2v) is 4.31. The Morgan fingerprint density at radius 1 is 1.05 bits per heavy atom. The molecular weight excluding hydrogens is 254 g/mol. The van der Waals surface area contributed by atoms with Gasteiger partial charge in [-0.15, -0.1) is 0 Å². The van der Waals surface area contributed by atoms with Crippen LogP contribution in [0.2, 0.25) is 0 Å². The summed E-state index contributed by atoms with van der Waals surface area (Å²) in [6, 6.07) is 13.7. The number of hydrogen-bond donors (Lipinski definition) is 2. The van der Waals surface area contributed by atoms with Crippen LogP contribution in [0.3, 0.4) is 0 Å². The number of anilines is 1. The first-order valence-electron chi connectivity index (χ1n) is 6.11. The molecule has 20 heavy (non-hydrogen) atoms. The number of carbonyl (C=O) groups excluding carboxylic acids is 1. The minimum absolute atomic E-state index is 0.213. The van der Waals surface area contributed by atoms with E-state index in [2.05, 4.69) is 0 Å². The summed E-state index contributed by atoms with van der Waals surface area (Å²) < 4.78 is 0. The molecule has 0 unspecified atom stereocenters. The highest BCUT2D eigenvalue weighted by molar-refractivity contribution is 6.03. The number of phenolic OH excluding ortho intramolecular Hbond substituents is 2. The normalized spacial score (nSPS) is 10.7. The number of nitrogens with zero attached hydrogens (tertiary/aromatic N) is 1. The van der Waals surface area contributed by atoms with Gasteiger partial charge in [-0.05, 0) is 23.8 Å². The lowest BCUT2D eigenvalue weighted by Gasteiger charge is -2.15. The molecule has 0 aliphatic rings. The smallest absolute Gasteiger partial charge is 0.250 e. The summed E-state index contributed by atoms with van der Waals surface area (Å²) in [4.78, 5) is 13.4. The van der Waals surface area contributed by atoms with Crippen LogP contribution >= 0.6 is 0 Å². The Bertz CT molecular complexity index is 635. The Morgan fingerprint density at radius 3 is 2.40 bits per heavy atom. The van der Waals surface area contributed by atoms with E-state index in [9.17, 15) is 15.0 Å². The van der Waals surface area contributed by atoms with Gasteiger partial charge in [0.2, 0.25) is 0 Å². The van der Waals surface area contributed by atoms with Crippen molar-refractivity contribution in [2.75, 3.05) is 11.9 Å². The lowest BCUT2D eigenvalue weighted by atomic mass is 10.2. The average molecular weight is 269 g/mol. The zero-order chi connectivity index (χ0) is 14.5. The van der Waals surface area contributed by atoms with Crippen LogP contribution in [0.25, 0.3) is 6.08 Å². The van der Waals surface area contributed by atoms with Crippen LogP contribution < -0.4 is 4.90 Å². The summed E-state index contributed by atoms with van der Waals surface area (Å²) in [5.74, 6) is -0.692. The van der Waals surface area contributed by atoms with Crippen LogP contribution in [0.1, 0.15) is 5.56 Å². The van der Waals surface area contributed by atoms with Crippen LogP contribution in [0.5, 0.6) is 11.5 Å². The van der Waals surface area contributed by atoms with Gasteiger partial charge in [-0.3, -0.25) is 4.79 Å². The lowest BCUT2D eigenvalue weighted by molar-refractivity contribution is -0.113. The summed E-state index contributed by atoms with van der Waals surface area (Å²) in [7, 11) is 1.60. The van der Waals surface area contributed by atoms with Crippen molar-refractivity contribution in [3.05, 3.63) is 60.2 Å². The van der Waals surface area contributed by atoms with Gasteiger partial charge in [0.25, 0.3) is 5.91 Å². The van der Waals surface area contributed by atoms with Crippen LogP contribution in [0, 0.1) is 0 Å². The molecule has 0 aliphatic carbocycles. The van der Waals surface area contributed by atoms with Gasteiger partial charge in [0.05, 0.1) is 0 Å². The summed E-state index contributed by atoms with van der Waals surface area (Å²) in [5.41, 5.74) is 1.44. The first-order valence-corrected chi connectivity index (χ1v) is 6.11. The molecule has 2 aromatic rings. The van der Waals surface area contributed by atoms with Gasteiger partial charge in [-0.1, -0.05) is 30.3 Å². The molecule has 0 saturated carbocycles. The largest absolute Gasteiger partial charge is 0.504 e. The molecule has 0 saturated heterocycles. The molecule has 0 heterocycles. The van der Waals surface area contributed by atoms with Gasteiger partial charge < -0.3 is 15.1 Å². The van der Waals surface area contributed by atoms with Gasteiger partial charge in [-0.2, -0.15) is 0 Å². The van der Waals surface area contributed by atoms with E-state index < -0.39 is 0 Å². The van der Waals surface area contributed by atoms with Crippen molar-refractivity contribution in [3.63, 3.8) is 0 Å². The van der Waals surface area contributed by atoms with Crippen molar-refractivity contribution in [1.82, 2.24) is 0 Å². The number of rotatable bonds is 3. The lowest BCUT2D eigenvalue weighted by Crippen LogP contribution is -2.23. The number of amides is 1. The number of likely N-dealkylation sites (N-methyl/N-ethyl adjacent to an activating group) is 1. The standard InChI is InChI=1S/C16H15NO3/c1-17(13-8-9-14(18)15(19)11-13)16(20)10-7-12-5-3-2-4-6-12/h2-11,18-19H,1H3/b10-7+. The molecule has 4 nitrogen and oxygen atoms in total. The zero-order valence-electron chi connectivity index (χ0n) is 11.0. The minimum atomic E-state index is -0.255. The summed E-state index contributed by atoms with van der Waals surface area (Å²) in [5, 5.41) is 18.7. The maximum absolute atomic E-state index is 12.0. The molecule has 0 radical (unpaired) electrons. The first-order chi connectivity index (χ1) is 9.58. The van der Waals surface area contributed by atoms with Crippen molar-refractivity contribution in [2.24, 2.45) is 0 Å². The molecule has 2 N–H and O–H groups in total. The number of hydrogen-bond acceptors (Lipinski definition) is 3. The van der Waals surface area contributed by atoms with E-state index in [1.54, 1.807) is 19.2 Å². The van der Waals surface area contributed by atoms with Crippen LogP contribution in [0.15, 0.2) is 54.6 Å². The maximum atomic E-state index is 12.0. The fourth-order valence-corrected chi connectivity index (χ4v) is 1.69. The molecule has 2 aromatic carbocycles. The molecule has 102 valence electrons. The van der Waals surface area contributed by atoms with Gasteiger partial charge in [0.15, 0.2) is 11.5 Å². The third kappa shape index (κ3) is 3.17. The highest BCUT2D eigenvalue weighted by Gasteiger charge is 2.09. The fourth-order valence-electron chi connectivity index (χ4n) is 1.69. The second kappa shape index (κ2) is 5.93. The van der Waals surface area contributed by atoms with E-state index in [4.69, 9.17) is 0 Å². The third-order valence-corrected chi connectivity index (χ3v) is 2.89. The highest BCUT2D eigenvalue weighted by atomic mass is 16.3.